The van der Waals surface area contributed by atoms with Crippen molar-refractivity contribution in [3.63, 3.8) is 0 Å². The molecule has 2 amide bonds. The van der Waals surface area contributed by atoms with Crippen LogP contribution in [0.15, 0.2) is 47.5 Å². The molecule has 8 heteroatoms. The van der Waals surface area contributed by atoms with Gasteiger partial charge in [-0.3, -0.25) is 4.99 Å². The molecule has 0 saturated heterocycles. The van der Waals surface area contributed by atoms with Crippen LogP contribution in [0.1, 0.15) is 25.0 Å². The number of hydrogen-bond acceptors (Lipinski definition) is 4. The van der Waals surface area contributed by atoms with Gasteiger partial charge in [0.2, 0.25) is 6.79 Å². The van der Waals surface area contributed by atoms with Gasteiger partial charge in [-0.15, -0.1) is 0 Å². The van der Waals surface area contributed by atoms with Crippen LogP contribution in [0.5, 0.6) is 11.5 Å². The van der Waals surface area contributed by atoms with Crippen LogP contribution in [0.25, 0.3) is 0 Å². The van der Waals surface area contributed by atoms with Gasteiger partial charge >= 0.3 is 6.03 Å². The maximum atomic E-state index is 11.7. The summed E-state index contributed by atoms with van der Waals surface area (Å²) in [4.78, 5) is 16.0. The van der Waals surface area contributed by atoms with Gasteiger partial charge in [-0.1, -0.05) is 18.2 Å². The highest BCUT2D eigenvalue weighted by molar-refractivity contribution is 5.89. The van der Waals surface area contributed by atoms with Crippen molar-refractivity contribution < 1.29 is 14.3 Å². The number of urea groups is 1. The summed E-state index contributed by atoms with van der Waals surface area (Å²) >= 11 is 0. The number of carbonyl (C=O) groups excluding carboxylic acids is 1. The number of ether oxygens (including phenoxy) is 2. The number of nitrogens with zero attached hydrogens (tertiary/aromatic N) is 1. The molecule has 0 spiro atoms. The summed E-state index contributed by atoms with van der Waals surface area (Å²) in [6.07, 6.45) is 0. The number of guanidine groups is 1. The van der Waals surface area contributed by atoms with Gasteiger partial charge in [-0.25, -0.2) is 4.79 Å². The molecule has 0 aromatic heterocycles. The predicted molar refractivity (Wildman–Crippen MR) is 113 cm³/mol. The van der Waals surface area contributed by atoms with Crippen LogP contribution in [0.2, 0.25) is 0 Å². The Morgan fingerprint density at radius 2 is 1.66 bits per heavy atom. The summed E-state index contributed by atoms with van der Waals surface area (Å²) in [5.74, 6) is 2.24. The zero-order valence-corrected chi connectivity index (χ0v) is 16.9. The third-order valence-electron chi connectivity index (χ3n) is 4.21. The average Bonchev–Trinajstić information content (AvgIpc) is 3.16. The molecule has 1 heterocycles. The minimum absolute atomic E-state index is 0.0930. The van der Waals surface area contributed by atoms with E-state index < -0.39 is 0 Å². The van der Waals surface area contributed by atoms with Gasteiger partial charge in [0.25, 0.3) is 0 Å². The van der Waals surface area contributed by atoms with E-state index >= 15 is 0 Å². The van der Waals surface area contributed by atoms with E-state index in [1.807, 2.05) is 56.3 Å². The number of fused-ring (bicyclic) bond motifs is 1. The van der Waals surface area contributed by atoms with Crippen molar-refractivity contribution in [1.29, 1.82) is 0 Å². The number of anilines is 1. The summed E-state index contributed by atoms with van der Waals surface area (Å²) in [6, 6.07) is 13.4. The first-order valence-electron chi connectivity index (χ1n) is 9.53. The molecule has 8 nitrogen and oxygen atoms in total. The SMILES string of the molecule is CN=C(NCc1ccc(NC(=O)NC(C)C)cc1)NCc1ccc2c(c1)OCO2. The molecule has 1 aliphatic rings. The lowest BCUT2D eigenvalue weighted by molar-refractivity contribution is 0.174. The fourth-order valence-electron chi connectivity index (χ4n) is 2.78. The molecule has 1 aliphatic heterocycles. The molecule has 154 valence electrons. The lowest BCUT2D eigenvalue weighted by atomic mass is 10.2. The first kappa shape index (κ1) is 20.3. The highest BCUT2D eigenvalue weighted by atomic mass is 16.7. The molecule has 0 bridgehead atoms. The van der Waals surface area contributed by atoms with Crippen molar-refractivity contribution in [2.75, 3.05) is 19.2 Å². The third kappa shape index (κ3) is 6.03. The Morgan fingerprint density at radius 3 is 2.34 bits per heavy atom. The second kappa shape index (κ2) is 9.68. The van der Waals surface area contributed by atoms with E-state index in [9.17, 15) is 4.79 Å². The van der Waals surface area contributed by atoms with Gasteiger partial charge in [0.05, 0.1) is 0 Å². The minimum atomic E-state index is -0.209. The van der Waals surface area contributed by atoms with Crippen LogP contribution < -0.4 is 30.7 Å². The predicted octanol–water partition coefficient (Wildman–Crippen LogP) is 2.81. The highest BCUT2D eigenvalue weighted by Gasteiger charge is 2.13. The van der Waals surface area contributed by atoms with E-state index in [0.717, 1.165) is 28.3 Å². The van der Waals surface area contributed by atoms with Crippen LogP contribution in [-0.2, 0) is 13.1 Å². The molecule has 0 fully saturated rings. The average molecular weight is 397 g/mol. The monoisotopic (exact) mass is 397 g/mol. The van der Waals surface area contributed by atoms with E-state index in [2.05, 4.69) is 26.3 Å². The lowest BCUT2D eigenvalue weighted by Gasteiger charge is -2.13. The fraction of sp³-hybridized carbons (Fsp3) is 0.333. The van der Waals surface area contributed by atoms with Gasteiger partial charge in [0.15, 0.2) is 17.5 Å². The molecule has 4 N–H and O–H groups in total. The Labute approximate surface area is 170 Å². The summed E-state index contributed by atoms with van der Waals surface area (Å²) in [7, 11) is 1.73. The normalized spacial score (nSPS) is 12.6. The van der Waals surface area contributed by atoms with Crippen molar-refractivity contribution in [3.05, 3.63) is 53.6 Å². The van der Waals surface area contributed by atoms with Crippen LogP contribution in [0.4, 0.5) is 10.5 Å². The number of benzene rings is 2. The Kier molecular flexibility index (Phi) is 6.78. The number of aliphatic imine (C=N–C) groups is 1. The Morgan fingerprint density at radius 1 is 1.00 bits per heavy atom. The molecule has 0 atom stereocenters. The Bertz CT molecular complexity index is 865. The molecule has 0 unspecified atom stereocenters. The molecular weight excluding hydrogens is 370 g/mol. The molecule has 0 saturated carbocycles. The number of amides is 2. The lowest BCUT2D eigenvalue weighted by Crippen LogP contribution is -2.36. The molecule has 0 aliphatic carbocycles. The largest absolute Gasteiger partial charge is 0.454 e. The zero-order chi connectivity index (χ0) is 20.6. The smallest absolute Gasteiger partial charge is 0.319 e. The van der Waals surface area contributed by atoms with Crippen molar-refractivity contribution in [1.82, 2.24) is 16.0 Å². The zero-order valence-electron chi connectivity index (χ0n) is 16.9. The molecule has 0 radical (unpaired) electrons. The van der Waals surface area contributed by atoms with E-state index in [4.69, 9.17) is 9.47 Å². The number of nitrogens with one attached hydrogen (secondary N) is 4. The summed E-state index contributed by atoms with van der Waals surface area (Å²) in [6.45, 7) is 5.33. The Hall–Kier alpha value is -3.42. The number of hydrogen-bond donors (Lipinski definition) is 4. The Balaban J connectivity index is 1.46. The van der Waals surface area contributed by atoms with Crippen molar-refractivity contribution in [2.24, 2.45) is 4.99 Å². The van der Waals surface area contributed by atoms with Gasteiger partial charge < -0.3 is 30.7 Å². The molecule has 2 aromatic rings. The maximum absolute atomic E-state index is 11.7. The van der Waals surface area contributed by atoms with Gasteiger partial charge in [-0.2, -0.15) is 0 Å². The van der Waals surface area contributed by atoms with Gasteiger partial charge in [0.1, 0.15) is 0 Å². The molecule has 3 rings (SSSR count). The first-order valence-corrected chi connectivity index (χ1v) is 9.53. The standard InChI is InChI=1S/C21H27N5O3/c1-14(2)25-21(27)26-17-7-4-15(5-8-17)11-23-20(22-3)24-12-16-6-9-18-19(10-16)29-13-28-18/h4-10,14H,11-13H2,1-3H3,(H2,22,23,24)(H2,25,26,27). The van der Waals surface area contributed by atoms with E-state index in [1.165, 1.54) is 0 Å². The third-order valence-corrected chi connectivity index (χ3v) is 4.21. The van der Waals surface area contributed by atoms with E-state index in [-0.39, 0.29) is 18.9 Å². The number of rotatable bonds is 6. The van der Waals surface area contributed by atoms with Crippen LogP contribution in [0, 0.1) is 0 Å². The van der Waals surface area contributed by atoms with Crippen LogP contribution in [0.3, 0.4) is 0 Å². The molecule has 29 heavy (non-hydrogen) atoms. The maximum Gasteiger partial charge on any atom is 0.319 e. The van der Waals surface area contributed by atoms with E-state index in [1.54, 1.807) is 7.05 Å². The van der Waals surface area contributed by atoms with Gasteiger partial charge in [0, 0.05) is 31.9 Å². The van der Waals surface area contributed by atoms with Crippen molar-refractivity contribution in [3.8, 4) is 11.5 Å². The number of carbonyl (C=O) groups is 1. The van der Waals surface area contributed by atoms with Crippen molar-refractivity contribution >= 4 is 17.7 Å². The topological polar surface area (TPSA) is 96.0 Å². The van der Waals surface area contributed by atoms with Crippen LogP contribution >= 0.6 is 0 Å². The molecule has 2 aromatic carbocycles. The van der Waals surface area contributed by atoms with Gasteiger partial charge in [-0.05, 0) is 49.2 Å². The minimum Gasteiger partial charge on any atom is -0.454 e. The summed E-state index contributed by atoms with van der Waals surface area (Å²) in [5, 5.41) is 12.2. The van der Waals surface area contributed by atoms with Crippen molar-refractivity contribution in [2.45, 2.75) is 33.0 Å². The summed E-state index contributed by atoms with van der Waals surface area (Å²) in [5.41, 5.74) is 2.90. The second-order valence-corrected chi connectivity index (χ2v) is 6.92. The second-order valence-electron chi connectivity index (χ2n) is 6.92. The van der Waals surface area contributed by atoms with E-state index in [0.29, 0.717) is 19.0 Å². The highest BCUT2D eigenvalue weighted by Crippen LogP contribution is 2.32. The quantitative estimate of drug-likeness (QED) is 0.444. The fourth-order valence-corrected chi connectivity index (χ4v) is 2.78. The first-order chi connectivity index (χ1) is 14.0. The van der Waals surface area contributed by atoms with Crippen LogP contribution in [-0.4, -0.2) is 31.9 Å². The molecular formula is C21H27N5O3. The summed E-state index contributed by atoms with van der Waals surface area (Å²) < 4.78 is 10.7.